The van der Waals surface area contributed by atoms with Gasteiger partial charge in [0, 0.05) is 0 Å². The van der Waals surface area contributed by atoms with Crippen molar-refractivity contribution in [1.82, 2.24) is 0 Å². The Morgan fingerprint density at radius 1 is 1.31 bits per heavy atom. The Bertz CT molecular complexity index is 243. The van der Waals surface area contributed by atoms with Crippen LogP contribution in [0.1, 0.15) is 46.0 Å². The van der Waals surface area contributed by atoms with Crippen LogP contribution in [-0.4, -0.2) is 0 Å². The summed E-state index contributed by atoms with van der Waals surface area (Å²) in [6.45, 7) is 4.66. The lowest BCUT2D eigenvalue weighted by Crippen LogP contribution is -2.06. The lowest BCUT2D eigenvalue weighted by atomic mass is 9.85. The van der Waals surface area contributed by atoms with E-state index in [1.165, 1.54) is 32.1 Å². The molecule has 0 aromatic carbocycles. The first kappa shape index (κ1) is 9.05. The zero-order chi connectivity index (χ0) is 9.26. The fourth-order valence-electron chi connectivity index (χ4n) is 2.64. The van der Waals surface area contributed by atoms with E-state index in [2.05, 4.69) is 26.0 Å². The van der Waals surface area contributed by atoms with Crippen LogP contribution in [-0.2, 0) is 0 Å². The summed E-state index contributed by atoms with van der Waals surface area (Å²) in [5, 5.41) is 0. The van der Waals surface area contributed by atoms with Crippen LogP contribution < -0.4 is 0 Å². The standard InChI is InChI=1S/C13H20/c1-10(2)9-12-8-7-11-5-3-4-6-13(11)12/h7-8,10,12H,3-6,9H2,1-2H3. The molecule has 0 nitrogen and oxygen atoms in total. The third-order valence-corrected chi connectivity index (χ3v) is 3.26. The van der Waals surface area contributed by atoms with Gasteiger partial charge in [-0.3, -0.25) is 0 Å². The van der Waals surface area contributed by atoms with Gasteiger partial charge in [-0.05, 0) is 49.5 Å². The van der Waals surface area contributed by atoms with Gasteiger partial charge >= 0.3 is 0 Å². The molecule has 2 aliphatic carbocycles. The highest BCUT2D eigenvalue weighted by Crippen LogP contribution is 2.38. The minimum atomic E-state index is 0.801. The first-order valence-electron chi connectivity index (χ1n) is 5.67. The van der Waals surface area contributed by atoms with Crippen LogP contribution in [0.2, 0.25) is 0 Å². The van der Waals surface area contributed by atoms with Crippen LogP contribution in [0.5, 0.6) is 0 Å². The van der Waals surface area contributed by atoms with Crippen molar-refractivity contribution in [3.05, 3.63) is 23.3 Å². The molecule has 0 heteroatoms. The molecule has 0 saturated heterocycles. The molecule has 0 radical (unpaired) electrons. The van der Waals surface area contributed by atoms with Gasteiger partial charge in [0.15, 0.2) is 0 Å². The molecule has 72 valence electrons. The Hall–Kier alpha value is -0.520. The molecule has 0 amide bonds. The maximum Gasteiger partial charge on any atom is -0.00118 e. The van der Waals surface area contributed by atoms with Crippen molar-refractivity contribution in [2.45, 2.75) is 46.0 Å². The van der Waals surface area contributed by atoms with Crippen molar-refractivity contribution in [2.24, 2.45) is 11.8 Å². The van der Waals surface area contributed by atoms with Gasteiger partial charge in [0.2, 0.25) is 0 Å². The first-order chi connectivity index (χ1) is 6.27. The van der Waals surface area contributed by atoms with E-state index < -0.39 is 0 Å². The van der Waals surface area contributed by atoms with Crippen LogP contribution >= 0.6 is 0 Å². The van der Waals surface area contributed by atoms with Gasteiger partial charge in [-0.15, -0.1) is 0 Å². The number of hydrogen-bond donors (Lipinski definition) is 0. The lowest BCUT2D eigenvalue weighted by Gasteiger charge is -2.20. The molecule has 1 atom stereocenters. The molecule has 0 aromatic heterocycles. The summed E-state index contributed by atoms with van der Waals surface area (Å²) < 4.78 is 0. The second-order valence-corrected chi connectivity index (χ2v) is 4.85. The monoisotopic (exact) mass is 176 g/mol. The number of hydrogen-bond acceptors (Lipinski definition) is 0. The topological polar surface area (TPSA) is 0 Å². The SMILES string of the molecule is CC(C)CC1C=CC2=C1CCCC2. The van der Waals surface area contributed by atoms with Crippen molar-refractivity contribution < 1.29 is 0 Å². The Balaban J connectivity index is 2.07. The number of rotatable bonds is 2. The van der Waals surface area contributed by atoms with Crippen LogP contribution in [0.15, 0.2) is 23.3 Å². The molecular formula is C13H20. The Morgan fingerprint density at radius 2 is 2.08 bits per heavy atom. The summed E-state index contributed by atoms with van der Waals surface area (Å²) >= 11 is 0. The van der Waals surface area contributed by atoms with Crippen LogP contribution in [0.3, 0.4) is 0 Å². The minimum absolute atomic E-state index is 0.801. The molecule has 1 unspecified atom stereocenters. The molecular weight excluding hydrogens is 156 g/mol. The average Bonchev–Trinajstić information content (AvgIpc) is 2.48. The highest BCUT2D eigenvalue weighted by molar-refractivity contribution is 5.38. The van der Waals surface area contributed by atoms with Gasteiger partial charge in [-0.1, -0.05) is 31.6 Å². The second-order valence-electron chi connectivity index (χ2n) is 4.85. The summed E-state index contributed by atoms with van der Waals surface area (Å²) in [6.07, 6.45) is 11.7. The van der Waals surface area contributed by atoms with Crippen molar-refractivity contribution in [1.29, 1.82) is 0 Å². The van der Waals surface area contributed by atoms with Gasteiger partial charge in [0.25, 0.3) is 0 Å². The molecule has 0 spiro atoms. The van der Waals surface area contributed by atoms with Crippen LogP contribution in [0.25, 0.3) is 0 Å². The first-order valence-corrected chi connectivity index (χ1v) is 5.67. The van der Waals surface area contributed by atoms with E-state index in [1.807, 2.05) is 0 Å². The molecule has 0 aliphatic heterocycles. The Morgan fingerprint density at radius 3 is 2.85 bits per heavy atom. The van der Waals surface area contributed by atoms with E-state index in [1.54, 1.807) is 11.1 Å². The van der Waals surface area contributed by atoms with Crippen molar-refractivity contribution in [3.8, 4) is 0 Å². The van der Waals surface area contributed by atoms with Gasteiger partial charge in [-0.2, -0.15) is 0 Å². The predicted molar refractivity (Wildman–Crippen MR) is 57.6 cm³/mol. The molecule has 0 fully saturated rings. The third kappa shape index (κ3) is 1.87. The smallest absolute Gasteiger partial charge is 0.00118 e. The zero-order valence-corrected chi connectivity index (χ0v) is 8.84. The summed E-state index contributed by atoms with van der Waals surface area (Å²) in [7, 11) is 0. The van der Waals surface area contributed by atoms with Crippen molar-refractivity contribution >= 4 is 0 Å². The highest BCUT2D eigenvalue weighted by atomic mass is 14.3. The molecule has 2 rings (SSSR count). The third-order valence-electron chi connectivity index (χ3n) is 3.26. The average molecular weight is 176 g/mol. The predicted octanol–water partition coefficient (Wildman–Crippen LogP) is 4.09. The molecule has 0 aromatic rings. The largest absolute Gasteiger partial charge is 0.0770 e. The molecule has 0 N–H and O–H groups in total. The number of allylic oxidation sites excluding steroid dienone is 4. The van der Waals surface area contributed by atoms with Gasteiger partial charge in [0.05, 0.1) is 0 Å². The van der Waals surface area contributed by atoms with Crippen LogP contribution in [0.4, 0.5) is 0 Å². The summed E-state index contributed by atoms with van der Waals surface area (Å²) in [6, 6.07) is 0. The molecule has 0 saturated carbocycles. The normalized spacial score (nSPS) is 27.2. The summed E-state index contributed by atoms with van der Waals surface area (Å²) in [5.74, 6) is 1.64. The zero-order valence-electron chi connectivity index (χ0n) is 8.84. The fourth-order valence-corrected chi connectivity index (χ4v) is 2.64. The van der Waals surface area contributed by atoms with Gasteiger partial charge < -0.3 is 0 Å². The second kappa shape index (κ2) is 3.69. The van der Waals surface area contributed by atoms with E-state index >= 15 is 0 Å². The van der Waals surface area contributed by atoms with Crippen molar-refractivity contribution in [3.63, 3.8) is 0 Å². The van der Waals surface area contributed by atoms with Crippen molar-refractivity contribution in [2.75, 3.05) is 0 Å². The van der Waals surface area contributed by atoms with E-state index in [0.29, 0.717) is 0 Å². The Labute approximate surface area is 81.7 Å². The van der Waals surface area contributed by atoms with E-state index in [-0.39, 0.29) is 0 Å². The van der Waals surface area contributed by atoms with Crippen LogP contribution in [0, 0.1) is 11.8 Å². The maximum absolute atomic E-state index is 2.44. The molecule has 0 bridgehead atoms. The fraction of sp³-hybridized carbons (Fsp3) is 0.692. The van der Waals surface area contributed by atoms with Gasteiger partial charge in [-0.25, -0.2) is 0 Å². The molecule has 13 heavy (non-hydrogen) atoms. The highest BCUT2D eigenvalue weighted by Gasteiger charge is 2.22. The maximum atomic E-state index is 2.44. The summed E-state index contributed by atoms with van der Waals surface area (Å²) in [5.41, 5.74) is 3.46. The molecule has 0 heterocycles. The van der Waals surface area contributed by atoms with E-state index in [0.717, 1.165) is 11.8 Å². The van der Waals surface area contributed by atoms with Gasteiger partial charge in [0.1, 0.15) is 0 Å². The minimum Gasteiger partial charge on any atom is -0.0770 e. The quantitative estimate of drug-likeness (QED) is 0.594. The van der Waals surface area contributed by atoms with E-state index in [9.17, 15) is 0 Å². The lowest BCUT2D eigenvalue weighted by molar-refractivity contribution is 0.499. The Kier molecular flexibility index (Phi) is 2.57. The molecule has 2 aliphatic rings. The van der Waals surface area contributed by atoms with E-state index in [4.69, 9.17) is 0 Å². The summed E-state index contributed by atoms with van der Waals surface area (Å²) in [4.78, 5) is 0.